The third-order valence-corrected chi connectivity index (χ3v) is 5.07. The fourth-order valence-electron chi connectivity index (χ4n) is 3.37. The highest BCUT2D eigenvalue weighted by Crippen LogP contribution is 2.35. The van der Waals surface area contributed by atoms with Gasteiger partial charge in [-0.1, -0.05) is 35.9 Å². The SMILES string of the molecule is C/C(=C\C(=O)NC[C@@H]1CCN(CCc2ccccc2)C1)C1CC1. The number of hydrogen-bond acceptors (Lipinski definition) is 2. The Kier molecular flexibility index (Phi) is 5.50. The van der Waals surface area contributed by atoms with Gasteiger partial charge in [0, 0.05) is 25.7 Å². The Morgan fingerprint density at radius 1 is 1.26 bits per heavy atom. The third-order valence-electron chi connectivity index (χ3n) is 5.07. The first-order valence-electron chi connectivity index (χ1n) is 8.93. The molecule has 1 saturated heterocycles. The van der Waals surface area contributed by atoms with Crippen molar-refractivity contribution in [2.75, 3.05) is 26.2 Å². The minimum atomic E-state index is 0.0946. The predicted octanol–water partition coefficient (Wildman–Crippen LogP) is 3.02. The van der Waals surface area contributed by atoms with Crippen LogP contribution >= 0.6 is 0 Å². The number of allylic oxidation sites excluding steroid dienone is 1. The molecule has 0 spiro atoms. The zero-order valence-electron chi connectivity index (χ0n) is 14.1. The average molecular weight is 312 g/mol. The van der Waals surface area contributed by atoms with E-state index in [1.54, 1.807) is 6.08 Å². The van der Waals surface area contributed by atoms with Crippen molar-refractivity contribution in [2.45, 2.75) is 32.6 Å². The first kappa shape index (κ1) is 16.3. The van der Waals surface area contributed by atoms with E-state index >= 15 is 0 Å². The molecule has 0 aromatic heterocycles. The molecule has 1 aliphatic heterocycles. The molecule has 2 fully saturated rings. The smallest absolute Gasteiger partial charge is 0.243 e. The number of benzene rings is 1. The van der Waals surface area contributed by atoms with Gasteiger partial charge in [-0.25, -0.2) is 0 Å². The van der Waals surface area contributed by atoms with Crippen LogP contribution in [0.2, 0.25) is 0 Å². The summed E-state index contributed by atoms with van der Waals surface area (Å²) < 4.78 is 0. The Morgan fingerprint density at radius 2 is 2.04 bits per heavy atom. The highest BCUT2D eigenvalue weighted by atomic mass is 16.1. The Bertz CT molecular complexity index is 548. The highest BCUT2D eigenvalue weighted by molar-refractivity contribution is 5.88. The zero-order valence-corrected chi connectivity index (χ0v) is 14.1. The van der Waals surface area contributed by atoms with E-state index in [0.29, 0.717) is 11.8 Å². The van der Waals surface area contributed by atoms with Crippen LogP contribution in [0, 0.1) is 11.8 Å². The maximum Gasteiger partial charge on any atom is 0.243 e. The van der Waals surface area contributed by atoms with Gasteiger partial charge in [-0.15, -0.1) is 0 Å². The van der Waals surface area contributed by atoms with E-state index in [1.165, 1.54) is 30.4 Å². The molecule has 23 heavy (non-hydrogen) atoms. The van der Waals surface area contributed by atoms with E-state index in [9.17, 15) is 4.79 Å². The van der Waals surface area contributed by atoms with Crippen LogP contribution in [0.5, 0.6) is 0 Å². The van der Waals surface area contributed by atoms with Gasteiger partial charge in [-0.3, -0.25) is 4.79 Å². The Balaban J connectivity index is 1.35. The molecule has 3 heteroatoms. The van der Waals surface area contributed by atoms with Crippen molar-refractivity contribution >= 4 is 5.91 Å². The number of rotatable bonds is 7. The monoisotopic (exact) mass is 312 g/mol. The maximum atomic E-state index is 11.9. The molecule has 3 nitrogen and oxygen atoms in total. The van der Waals surface area contributed by atoms with Crippen LogP contribution in [0.15, 0.2) is 42.0 Å². The Labute approximate surface area is 139 Å². The van der Waals surface area contributed by atoms with Crippen LogP contribution in [-0.4, -0.2) is 37.0 Å². The first-order valence-corrected chi connectivity index (χ1v) is 8.93. The molecule has 2 aliphatic rings. The maximum absolute atomic E-state index is 11.9. The largest absolute Gasteiger partial charge is 0.352 e. The van der Waals surface area contributed by atoms with Crippen LogP contribution < -0.4 is 5.32 Å². The van der Waals surface area contributed by atoms with Crippen molar-refractivity contribution in [2.24, 2.45) is 11.8 Å². The number of carbonyl (C=O) groups excluding carboxylic acids is 1. The normalized spacial score (nSPS) is 22.3. The fourth-order valence-corrected chi connectivity index (χ4v) is 3.37. The van der Waals surface area contributed by atoms with E-state index < -0.39 is 0 Å². The average Bonchev–Trinajstić information content (AvgIpc) is 3.32. The van der Waals surface area contributed by atoms with E-state index in [2.05, 4.69) is 47.5 Å². The molecule has 1 saturated carbocycles. The summed E-state index contributed by atoms with van der Waals surface area (Å²) in [6.45, 7) is 6.28. The molecule has 1 aromatic carbocycles. The lowest BCUT2D eigenvalue weighted by Crippen LogP contribution is -2.30. The highest BCUT2D eigenvalue weighted by Gasteiger charge is 2.24. The van der Waals surface area contributed by atoms with Crippen LogP contribution in [-0.2, 0) is 11.2 Å². The van der Waals surface area contributed by atoms with Gasteiger partial charge < -0.3 is 10.2 Å². The summed E-state index contributed by atoms with van der Waals surface area (Å²) in [6, 6.07) is 10.7. The second-order valence-corrected chi connectivity index (χ2v) is 7.10. The summed E-state index contributed by atoms with van der Waals surface area (Å²) in [5, 5.41) is 3.09. The molecule has 1 atom stereocenters. The Hall–Kier alpha value is -1.61. The van der Waals surface area contributed by atoms with Crippen molar-refractivity contribution in [3.63, 3.8) is 0 Å². The van der Waals surface area contributed by atoms with Crippen molar-refractivity contribution in [3.05, 3.63) is 47.5 Å². The van der Waals surface area contributed by atoms with Crippen LogP contribution in [0.25, 0.3) is 0 Å². The number of hydrogen-bond donors (Lipinski definition) is 1. The number of nitrogens with one attached hydrogen (secondary N) is 1. The van der Waals surface area contributed by atoms with Gasteiger partial charge in [-0.2, -0.15) is 0 Å². The minimum Gasteiger partial charge on any atom is -0.352 e. The molecule has 1 heterocycles. The lowest BCUT2D eigenvalue weighted by molar-refractivity contribution is -0.116. The molecule has 1 aliphatic carbocycles. The van der Waals surface area contributed by atoms with Crippen molar-refractivity contribution in [1.82, 2.24) is 10.2 Å². The van der Waals surface area contributed by atoms with E-state index in [-0.39, 0.29) is 5.91 Å². The van der Waals surface area contributed by atoms with Crippen LogP contribution in [0.3, 0.4) is 0 Å². The fraction of sp³-hybridized carbons (Fsp3) is 0.550. The summed E-state index contributed by atoms with van der Waals surface area (Å²) in [5.41, 5.74) is 2.66. The van der Waals surface area contributed by atoms with Crippen molar-refractivity contribution in [1.29, 1.82) is 0 Å². The van der Waals surface area contributed by atoms with Gasteiger partial charge >= 0.3 is 0 Å². The summed E-state index contributed by atoms with van der Waals surface area (Å²) in [7, 11) is 0. The second kappa shape index (κ2) is 7.78. The van der Waals surface area contributed by atoms with E-state index in [1.807, 2.05) is 0 Å². The van der Waals surface area contributed by atoms with Gasteiger partial charge in [-0.05, 0) is 56.6 Å². The molecular formula is C20H28N2O. The van der Waals surface area contributed by atoms with Crippen LogP contribution in [0.1, 0.15) is 31.7 Å². The zero-order chi connectivity index (χ0) is 16.1. The van der Waals surface area contributed by atoms with Crippen molar-refractivity contribution < 1.29 is 4.79 Å². The van der Waals surface area contributed by atoms with Gasteiger partial charge in [0.25, 0.3) is 0 Å². The topological polar surface area (TPSA) is 32.3 Å². The lowest BCUT2D eigenvalue weighted by Gasteiger charge is -2.16. The Morgan fingerprint density at radius 3 is 2.78 bits per heavy atom. The summed E-state index contributed by atoms with van der Waals surface area (Å²) >= 11 is 0. The number of carbonyl (C=O) groups is 1. The molecular weight excluding hydrogens is 284 g/mol. The summed E-state index contributed by atoms with van der Waals surface area (Å²) in [5.74, 6) is 1.38. The van der Waals surface area contributed by atoms with E-state index in [4.69, 9.17) is 0 Å². The molecule has 1 N–H and O–H groups in total. The minimum absolute atomic E-state index is 0.0946. The first-order chi connectivity index (χ1) is 11.2. The molecule has 0 bridgehead atoms. The second-order valence-electron chi connectivity index (χ2n) is 7.10. The number of amides is 1. The molecule has 0 radical (unpaired) electrons. The molecule has 1 amide bonds. The molecule has 1 aromatic rings. The van der Waals surface area contributed by atoms with Crippen molar-refractivity contribution in [3.8, 4) is 0 Å². The molecule has 0 unspecified atom stereocenters. The summed E-state index contributed by atoms with van der Waals surface area (Å²) in [6.07, 6.45) is 6.63. The van der Waals surface area contributed by atoms with Crippen LogP contribution in [0.4, 0.5) is 0 Å². The van der Waals surface area contributed by atoms with Gasteiger partial charge in [0.15, 0.2) is 0 Å². The number of nitrogens with zero attached hydrogens (tertiary/aromatic N) is 1. The van der Waals surface area contributed by atoms with Gasteiger partial charge in [0.2, 0.25) is 5.91 Å². The molecule has 124 valence electrons. The van der Waals surface area contributed by atoms with Gasteiger partial charge in [0.1, 0.15) is 0 Å². The third kappa shape index (κ3) is 5.21. The number of likely N-dealkylation sites (tertiary alicyclic amines) is 1. The lowest BCUT2D eigenvalue weighted by atomic mass is 10.1. The van der Waals surface area contributed by atoms with Gasteiger partial charge in [0.05, 0.1) is 0 Å². The quantitative estimate of drug-likeness (QED) is 0.785. The van der Waals surface area contributed by atoms with E-state index in [0.717, 1.165) is 32.6 Å². The predicted molar refractivity (Wildman–Crippen MR) is 94.2 cm³/mol. The summed E-state index contributed by atoms with van der Waals surface area (Å²) in [4.78, 5) is 14.5. The standard InChI is InChI=1S/C20H28N2O/c1-16(19-7-8-19)13-20(23)21-14-18-10-12-22(15-18)11-9-17-5-3-2-4-6-17/h2-6,13,18-19H,7-12,14-15H2,1H3,(H,21,23)/b16-13+/t18-/m0/s1. The molecule has 3 rings (SSSR count).